The first-order valence-corrected chi connectivity index (χ1v) is 5.19. The molecule has 0 amide bonds. The van der Waals surface area contributed by atoms with Crippen molar-refractivity contribution in [3.05, 3.63) is 17.8 Å². The minimum absolute atomic E-state index is 0.0379. The van der Waals surface area contributed by atoms with Crippen molar-refractivity contribution in [1.29, 1.82) is 0 Å². The largest absolute Gasteiger partial charge is 0.448 e. The molecule has 0 radical (unpaired) electrons. The monoisotopic (exact) mass is 195 g/mol. The van der Waals surface area contributed by atoms with Gasteiger partial charge in [0.2, 0.25) is 0 Å². The number of nitrogens with zero attached hydrogens (tertiary/aromatic N) is 1. The summed E-state index contributed by atoms with van der Waals surface area (Å²) in [4.78, 5) is 4.40. The average molecular weight is 195 g/mol. The van der Waals surface area contributed by atoms with Crippen LogP contribution < -0.4 is 11.1 Å². The molecule has 0 aromatic carbocycles. The second kappa shape index (κ2) is 4.11. The van der Waals surface area contributed by atoms with Gasteiger partial charge in [-0.1, -0.05) is 0 Å². The lowest BCUT2D eigenvalue weighted by Gasteiger charge is -2.19. The summed E-state index contributed by atoms with van der Waals surface area (Å²) in [6, 6.07) is -0.0379. The zero-order valence-corrected chi connectivity index (χ0v) is 8.49. The fraction of sp³-hybridized carbons (Fsp3) is 0.700. The molecule has 3 N–H and O–H groups in total. The standard InChI is InChI=1S/C10H17N3O/c1-7(11)9-6-14-10(13-9)8-3-2-4-12-5-8/h6-8,12H,2-5,11H2,1H3. The van der Waals surface area contributed by atoms with Crippen LogP contribution in [-0.4, -0.2) is 18.1 Å². The number of piperidine rings is 1. The zero-order valence-electron chi connectivity index (χ0n) is 8.49. The van der Waals surface area contributed by atoms with Crippen LogP contribution in [0.2, 0.25) is 0 Å². The molecule has 1 aromatic rings. The maximum Gasteiger partial charge on any atom is 0.198 e. The summed E-state index contributed by atoms with van der Waals surface area (Å²) >= 11 is 0. The molecule has 1 aromatic heterocycles. The first-order valence-electron chi connectivity index (χ1n) is 5.19. The van der Waals surface area contributed by atoms with Gasteiger partial charge in [-0.05, 0) is 26.3 Å². The Hall–Kier alpha value is -0.870. The van der Waals surface area contributed by atoms with Gasteiger partial charge in [0.05, 0.1) is 5.69 Å². The third-order valence-corrected chi connectivity index (χ3v) is 2.65. The molecule has 0 spiro atoms. The number of rotatable bonds is 2. The molecule has 4 heteroatoms. The van der Waals surface area contributed by atoms with Gasteiger partial charge in [0, 0.05) is 18.5 Å². The van der Waals surface area contributed by atoms with Crippen molar-refractivity contribution in [2.45, 2.75) is 31.7 Å². The molecular formula is C10H17N3O. The normalized spacial score (nSPS) is 24.9. The second-order valence-electron chi connectivity index (χ2n) is 3.94. The summed E-state index contributed by atoms with van der Waals surface area (Å²) in [7, 11) is 0. The highest BCUT2D eigenvalue weighted by Crippen LogP contribution is 2.23. The number of hydrogen-bond acceptors (Lipinski definition) is 4. The highest BCUT2D eigenvalue weighted by Gasteiger charge is 2.20. The van der Waals surface area contributed by atoms with Gasteiger partial charge in [-0.2, -0.15) is 0 Å². The lowest BCUT2D eigenvalue weighted by Crippen LogP contribution is -2.28. The van der Waals surface area contributed by atoms with Gasteiger partial charge in [0.1, 0.15) is 6.26 Å². The highest BCUT2D eigenvalue weighted by atomic mass is 16.3. The fourth-order valence-corrected chi connectivity index (χ4v) is 1.76. The molecule has 2 atom stereocenters. The predicted molar refractivity (Wildman–Crippen MR) is 54.0 cm³/mol. The maximum absolute atomic E-state index is 5.72. The van der Waals surface area contributed by atoms with Crippen molar-refractivity contribution in [2.24, 2.45) is 5.73 Å². The summed E-state index contributed by atoms with van der Waals surface area (Å²) in [6.07, 6.45) is 4.03. The SMILES string of the molecule is CC(N)c1coc(C2CCCNC2)n1. The molecular weight excluding hydrogens is 178 g/mol. The van der Waals surface area contributed by atoms with E-state index in [1.807, 2.05) is 6.92 Å². The fourth-order valence-electron chi connectivity index (χ4n) is 1.76. The molecule has 1 fully saturated rings. The Kier molecular flexibility index (Phi) is 2.84. The maximum atomic E-state index is 5.72. The number of nitrogens with one attached hydrogen (secondary N) is 1. The van der Waals surface area contributed by atoms with Crippen LogP contribution in [0.15, 0.2) is 10.7 Å². The summed E-state index contributed by atoms with van der Waals surface area (Å²) in [5, 5.41) is 3.34. The van der Waals surface area contributed by atoms with Crippen LogP contribution in [0.1, 0.15) is 43.3 Å². The van der Waals surface area contributed by atoms with Crippen LogP contribution in [0.3, 0.4) is 0 Å². The third kappa shape index (κ3) is 1.96. The topological polar surface area (TPSA) is 64.1 Å². The first-order chi connectivity index (χ1) is 6.77. The molecule has 78 valence electrons. The Morgan fingerprint density at radius 3 is 3.14 bits per heavy atom. The highest BCUT2D eigenvalue weighted by molar-refractivity contribution is 5.05. The van der Waals surface area contributed by atoms with Gasteiger partial charge in [-0.25, -0.2) is 4.98 Å². The van der Waals surface area contributed by atoms with Crippen molar-refractivity contribution < 1.29 is 4.42 Å². The predicted octanol–water partition coefficient (Wildman–Crippen LogP) is 1.16. The van der Waals surface area contributed by atoms with E-state index in [0.717, 1.165) is 31.1 Å². The van der Waals surface area contributed by atoms with E-state index in [1.54, 1.807) is 6.26 Å². The summed E-state index contributed by atoms with van der Waals surface area (Å²) < 4.78 is 5.43. The van der Waals surface area contributed by atoms with Gasteiger partial charge in [0.15, 0.2) is 5.89 Å². The smallest absolute Gasteiger partial charge is 0.198 e. The molecule has 14 heavy (non-hydrogen) atoms. The van der Waals surface area contributed by atoms with E-state index in [4.69, 9.17) is 10.2 Å². The number of nitrogens with two attached hydrogens (primary N) is 1. The number of hydrogen-bond donors (Lipinski definition) is 2. The van der Waals surface area contributed by atoms with Gasteiger partial charge in [-0.15, -0.1) is 0 Å². The minimum Gasteiger partial charge on any atom is -0.448 e. The van der Waals surface area contributed by atoms with Crippen molar-refractivity contribution in [3.63, 3.8) is 0 Å². The second-order valence-corrected chi connectivity index (χ2v) is 3.94. The van der Waals surface area contributed by atoms with E-state index in [0.29, 0.717) is 5.92 Å². The lowest BCUT2D eigenvalue weighted by atomic mass is 10.00. The Labute approximate surface area is 83.9 Å². The Morgan fingerprint density at radius 1 is 1.71 bits per heavy atom. The molecule has 0 aliphatic carbocycles. The van der Waals surface area contributed by atoms with Crippen LogP contribution >= 0.6 is 0 Å². The summed E-state index contributed by atoms with van der Waals surface area (Å²) in [6.45, 7) is 4.00. The van der Waals surface area contributed by atoms with E-state index in [2.05, 4.69) is 10.3 Å². The Bertz CT molecular complexity index is 289. The Balaban J connectivity index is 2.07. The molecule has 0 saturated carbocycles. The van der Waals surface area contributed by atoms with Crippen LogP contribution in [0, 0.1) is 0 Å². The average Bonchev–Trinajstić information content (AvgIpc) is 2.68. The van der Waals surface area contributed by atoms with E-state index >= 15 is 0 Å². The molecule has 1 saturated heterocycles. The lowest BCUT2D eigenvalue weighted by molar-refractivity contribution is 0.376. The number of oxazole rings is 1. The quantitative estimate of drug-likeness (QED) is 0.743. The molecule has 1 aliphatic rings. The van der Waals surface area contributed by atoms with Gasteiger partial charge >= 0.3 is 0 Å². The van der Waals surface area contributed by atoms with E-state index in [9.17, 15) is 0 Å². The van der Waals surface area contributed by atoms with E-state index < -0.39 is 0 Å². The van der Waals surface area contributed by atoms with Crippen LogP contribution in [-0.2, 0) is 0 Å². The van der Waals surface area contributed by atoms with Gasteiger partial charge in [-0.3, -0.25) is 0 Å². The molecule has 2 rings (SSSR count). The minimum atomic E-state index is -0.0379. The molecule has 4 nitrogen and oxygen atoms in total. The van der Waals surface area contributed by atoms with Crippen molar-refractivity contribution in [3.8, 4) is 0 Å². The third-order valence-electron chi connectivity index (χ3n) is 2.65. The van der Waals surface area contributed by atoms with Crippen molar-refractivity contribution in [1.82, 2.24) is 10.3 Å². The van der Waals surface area contributed by atoms with Gasteiger partial charge in [0.25, 0.3) is 0 Å². The first kappa shape index (κ1) is 9.68. The van der Waals surface area contributed by atoms with Crippen LogP contribution in [0.4, 0.5) is 0 Å². The number of aromatic nitrogens is 1. The molecule has 2 unspecified atom stereocenters. The summed E-state index contributed by atoms with van der Waals surface area (Å²) in [5.41, 5.74) is 6.57. The van der Waals surface area contributed by atoms with Crippen molar-refractivity contribution in [2.75, 3.05) is 13.1 Å². The van der Waals surface area contributed by atoms with Crippen LogP contribution in [0.5, 0.6) is 0 Å². The van der Waals surface area contributed by atoms with Crippen LogP contribution in [0.25, 0.3) is 0 Å². The molecule has 1 aliphatic heterocycles. The molecule has 0 bridgehead atoms. The molecule has 2 heterocycles. The Morgan fingerprint density at radius 2 is 2.57 bits per heavy atom. The zero-order chi connectivity index (χ0) is 9.97. The van der Waals surface area contributed by atoms with E-state index in [-0.39, 0.29) is 6.04 Å². The summed E-state index contributed by atoms with van der Waals surface area (Å²) in [5.74, 6) is 1.26. The van der Waals surface area contributed by atoms with Gasteiger partial charge < -0.3 is 15.5 Å². The van der Waals surface area contributed by atoms with Crippen molar-refractivity contribution >= 4 is 0 Å². The van der Waals surface area contributed by atoms with E-state index in [1.165, 1.54) is 6.42 Å².